The summed E-state index contributed by atoms with van der Waals surface area (Å²) in [4.78, 5) is 36.2. The number of benzene rings is 1. The van der Waals surface area contributed by atoms with E-state index in [4.69, 9.17) is 4.98 Å². The normalized spacial score (nSPS) is 33.9. The molecular weight excluding hydrogens is 460 g/mol. The summed E-state index contributed by atoms with van der Waals surface area (Å²) in [6, 6.07) is 13.2. The molecule has 7 rings (SSSR count). The second-order valence-electron chi connectivity index (χ2n) is 12.4. The van der Waals surface area contributed by atoms with E-state index in [0.717, 1.165) is 41.8 Å². The van der Waals surface area contributed by atoms with Gasteiger partial charge < -0.3 is 9.55 Å². The lowest BCUT2D eigenvalue weighted by molar-refractivity contribution is -0.0693. The van der Waals surface area contributed by atoms with Crippen molar-refractivity contribution >= 4 is 11.0 Å². The van der Waals surface area contributed by atoms with Gasteiger partial charge in [0.05, 0.1) is 11.0 Å². The van der Waals surface area contributed by atoms with E-state index in [9.17, 15) is 9.59 Å². The third-order valence-corrected chi connectivity index (χ3v) is 10.2. The molecule has 2 saturated carbocycles. The number of fused-ring (bicyclic) bond motifs is 5. The molecule has 1 N–H and O–H groups in total. The van der Waals surface area contributed by atoms with Gasteiger partial charge >= 0.3 is 0 Å². The maximum atomic E-state index is 14.1. The van der Waals surface area contributed by atoms with Gasteiger partial charge in [0.15, 0.2) is 0 Å². The molecule has 1 unspecified atom stereocenters. The van der Waals surface area contributed by atoms with Crippen molar-refractivity contribution in [1.29, 1.82) is 0 Å². The Bertz CT molecular complexity index is 1390. The quantitative estimate of drug-likeness (QED) is 0.516. The molecule has 4 bridgehead atoms. The number of pyridine rings is 1. The van der Waals surface area contributed by atoms with Crippen molar-refractivity contribution in [3.05, 3.63) is 63.3 Å². The van der Waals surface area contributed by atoms with Crippen LogP contribution in [0.1, 0.15) is 77.2 Å². The van der Waals surface area contributed by atoms with E-state index in [1.54, 1.807) is 12.3 Å². The van der Waals surface area contributed by atoms with E-state index < -0.39 is 0 Å². The number of nitrogens with zero attached hydrogens (tertiary/aromatic N) is 3. The standard InChI is InChI=1S/C31H38N4O2/c1-19-9-11-23-16-25(17-28(19)34(23)24-14-20-5-4-6-21(13-20)15-24)35-27-8-3-2-7-26(27)33-30(31(35)37)22-10-12-29(36)32-18-22/h2-3,7-8,10,12,18-21,23-25,28H,4-6,9,11,13-17H2,1H3,(H,32,36)/t19-,20-,21+,23+,24?,25-,28+/m1/s1. The molecule has 0 spiro atoms. The Morgan fingerprint density at radius 2 is 1.65 bits per heavy atom. The van der Waals surface area contributed by atoms with Gasteiger partial charge in [0, 0.05) is 42.0 Å². The van der Waals surface area contributed by atoms with Crippen molar-refractivity contribution < 1.29 is 0 Å². The first-order chi connectivity index (χ1) is 18.0. The summed E-state index contributed by atoms with van der Waals surface area (Å²) in [5.41, 5.74) is 2.65. The van der Waals surface area contributed by atoms with Crippen molar-refractivity contribution in [3.63, 3.8) is 0 Å². The minimum absolute atomic E-state index is 0.0397. The second kappa shape index (κ2) is 9.23. The van der Waals surface area contributed by atoms with Crippen LogP contribution >= 0.6 is 0 Å². The molecule has 4 aliphatic rings. The van der Waals surface area contributed by atoms with Gasteiger partial charge in [0.1, 0.15) is 5.69 Å². The van der Waals surface area contributed by atoms with Gasteiger partial charge in [0.25, 0.3) is 5.56 Å². The van der Waals surface area contributed by atoms with Gasteiger partial charge in [-0.25, -0.2) is 4.98 Å². The number of nitrogens with one attached hydrogen (secondary N) is 1. The molecule has 3 aromatic rings. The summed E-state index contributed by atoms with van der Waals surface area (Å²) in [6.45, 7) is 2.44. The number of piperidine rings is 2. The minimum atomic E-state index is -0.175. The lowest BCUT2D eigenvalue weighted by atomic mass is 9.67. The summed E-state index contributed by atoms with van der Waals surface area (Å²) < 4.78 is 2.06. The summed E-state index contributed by atoms with van der Waals surface area (Å²) in [5, 5.41) is 0. The fourth-order valence-corrected chi connectivity index (χ4v) is 8.63. The molecule has 194 valence electrons. The lowest BCUT2D eigenvalue weighted by Gasteiger charge is -2.57. The molecule has 6 nitrogen and oxygen atoms in total. The van der Waals surface area contributed by atoms with Crippen molar-refractivity contribution in [2.75, 3.05) is 0 Å². The van der Waals surface area contributed by atoms with Gasteiger partial charge in [-0.15, -0.1) is 0 Å². The van der Waals surface area contributed by atoms with Crippen LogP contribution in [0.4, 0.5) is 0 Å². The Labute approximate surface area is 218 Å². The molecule has 2 saturated heterocycles. The predicted octanol–water partition coefficient (Wildman–Crippen LogP) is 5.52. The Morgan fingerprint density at radius 3 is 2.43 bits per heavy atom. The molecule has 4 fully saturated rings. The zero-order valence-corrected chi connectivity index (χ0v) is 21.8. The van der Waals surface area contributed by atoms with Crippen LogP contribution in [-0.4, -0.2) is 37.6 Å². The van der Waals surface area contributed by atoms with E-state index in [2.05, 4.69) is 21.4 Å². The fraction of sp³-hybridized carbons (Fsp3) is 0.581. The first-order valence-electron chi connectivity index (χ1n) is 14.5. The third-order valence-electron chi connectivity index (χ3n) is 10.2. The topological polar surface area (TPSA) is 71.0 Å². The Balaban J connectivity index is 1.28. The molecule has 2 aromatic heterocycles. The summed E-state index contributed by atoms with van der Waals surface area (Å²) in [7, 11) is 0. The van der Waals surface area contributed by atoms with Crippen LogP contribution in [-0.2, 0) is 0 Å². The number of hydrogen-bond acceptors (Lipinski definition) is 4. The highest BCUT2D eigenvalue weighted by atomic mass is 16.1. The highest BCUT2D eigenvalue weighted by Crippen LogP contribution is 2.48. The van der Waals surface area contributed by atoms with Gasteiger partial charge in [-0.2, -0.15) is 0 Å². The largest absolute Gasteiger partial charge is 0.328 e. The van der Waals surface area contributed by atoms with Crippen LogP contribution in [0.3, 0.4) is 0 Å². The maximum Gasteiger partial charge on any atom is 0.277 e. The first kappa shape index (κ1) is 23.4. The van der Waals surface area contributed by atoms with Crippen molar-refractivity contribution in [2.24, 2.45) is 17.8 Å². The van der Waals surface area contributed by atoms with E-state index in [-0.39, 0.29) is 17.2 Å². The molecule has 37 heavy (non-hydrogen) atoms. The molecule has 6 heteroatoms. The smallest absolute Gasteiger partial charge is 0.277 e. The number of H-pyrrole nitrogens is 1. The molecule has 4 heterocycles. The molecule has 7 atom stereocenters. The SMILES string of the molecule is C[C@@H]1CC[C@H]2C[C@@H](n3c(=O)c(-c4ccc(=O)[nH]c4)nc4ccccc43)C[C@@H]1N2C1C[C@H]2CCC[C@@H](C1)C2. The van der Waals surface area contributed by atoms with Gasteiger partial charge in [-0.05, 0) is 80.9 Å². The van der Waals surface area contributed by atoms with Crippen molar-refractivity contribution in [2.45, 2.75) is 95.3 Å². The van der Waals surface area contributed by atoms with E-state index in [1.807, 2.05) is 24.3 Å². The maximum absolute atomic E-state index is 14.1. The monoisotopic (exact) mass is 498 g/mol. The highest BCUT2D eigenvalue weighted by molar-refractivity contribution is 5.77. The van der Waals surface area contributed by atoms with Crippen LogP contribution in [0, 0.1) is 17.8 Å². The van der Waals surface area contributed by atoms with E-state index >= 15 is 0 Å². The summed E-state index contributed by atoms with van der Waals surface area (Å²) >= 11 is 0. The number of para-hydroxylation sites is 2. The van der Waals surface area contributed by atoms with E-state index in [1.165, 1.54) is 57.4 Å². The van der Waals surface area contributed by atoms with Crippen LogP contribution in [0.2, 0.25) is 0 Å². The molecule has 2 aliphatic carbocycles. The average molecular weight is 499 g/mol. The molecule has 2 aliphatic heterocycles. The number of aromatic nitrogens is 3. The van der Waals surface area contributed by atoms with Gasteiger partial charge in [-0.1, -0.05) is 38.3 Å². The minimum Gasteiger partial charge on any atom is -0.328 e. The lowest BCUT2D eigenvalue weighted by Crippen LogP contribution is -2.61. The highest BCUT2D eigenvalue weighted by Gasteiger charge is 2.47. The Hall–Kier alpha value is -2.73. The molecule has 1 aromatic carbocycles. The first-order valence-corrected chi connectivity index (χ1v) is 14.5. The van der Waals surface area contributed by atoms with Crippen LogP contribution in [0.5, 0.6) is 0 Å². The Morgan fingerprint density at radius 1 is 0.838 bits per heavy atom. The van der Waals surface area contributed by atoms with E-state index in [0.29, 0.717) is 29.3 Å². The third kappa shape index (κ3) is 4.08. The van der Waals surface area contributed by atoms with Gasteiger partial charge in [0.2, 0.25) is 5.56 Å². The fourth-order valence-electron chi connectivity index (χ4n) is 8.63. The van der Waals surface area contributed by atoms with Crippen LogP contribution in [0.25, 0.3) is 22.3 Å². The number of hydrogen-bond donors (Lipinski definition) is 1. The summed E-state index contributed by atoms with van der Waals surface area (Å²) in [6.07, 6.45) is 14.7. The van der Waals surface area contributed by atoms with Crippen molar-refractivity contribution in [3.8, 4) is 11.3 Å². The van der Waals surface area contributed by atoms with Crippen molar-refractivity contribution in [1.82, 2.24) is 19.4 Å². The summed E-state index contributed by atoms with van der Waals surface area (Å²) in [5.74, 6) is 2.51. The molecule has 0 radical (unpaired) electrons. The zero-order valence-electron chi connectivity index (χ0n) is 21.8. The zero-order chi connectivity index (χ0) is 25.1. The van der Waals surface area contributed by atoms with Crippen LogP contribution < -0.4 is 11.1 Å². The van der Waals surface area contributed by atoms with Gasteiger partial charge in [-0.3, -0.25) is 14.5 Å². The number of rotatable bonds is 3. The predicted molar refractivity (Wildman–Crippen MR) is 147 cm³/mol. The average Bonchev–Trinajstić information content (AvgIpc) is 2.90. The Kier molecular flexibility index (Phi) is 5.83. The second-order valence-corrected chi connectivity index (χ2v) is 12.4. The molecular formula is C31H38N4O2. The number of aromatic amines is 1. The van der Waals surface area contributed by atoms with Crippen LogP contribution in [0.15, 0.2) is 52.2 Å². The molecule has 0 amide bonds.